The van der Waals surface area contributed by atoms with Crippen molar-refractivity contribution in [1.82, 2.24) is 5.32 Å². The lowest BCUT2D eigenvalue weighted by atomic mass is 10.2. The lowest BCUT2D eigenvalue weighted by Gasteiger charge is -2.05. The first-order chi connectivity index (χ1) is 8.83. The summed E-state index contributed by atoms with van der Waals surface area (Å²) >= 11 is 1.73. The monoisotopic (exact) mass is 271 g/mol. The first kappa shape index (κ1) is 15.1. The molecule has 1 amide bonds. The van der Waals surface area contributed by atoms with E-state index in [0.717, 1.165) is 19.3 Å². The minimum atomic E-state index is 0.0507. The van der Waals surface area contributed by atoms with Crippen LogP contribution in [0.25, 0.3) is 0 Å². The van der Waals surface area contributed by atoms with Gasteiger partial charge in [0.2, 0.25) is 5.91 Å². The van der Waals surface area contributed by atoms with Crippen molar-refractivity contribution in [1.29, 1.82) is 0 Å². The zero-order valence-corrected chi connectivity index (χ0v) is 11.4. The van der Waals surface area contributed by atoms with Crippen LogP contribution in [0.3, 0.4) is 0 Å². The van der Waals surface area contributed by atoms with Crippen molar-refractivity contribution >= 4 is 17.2 Å². The van der Waals surface area contributed by atoms with Crippen molar-refractivity contribution in [3.8, 4) is 0 Å². The summed E-state index contributed by atoms with van der Waals surface area (Å²) in [5.41, 5.74) is 0. The summed E-state index contributed by atoms with van der Waals surface area (Å²) in [7, 11) is 0. The van der Waals surface area contributed by atoms with Crippen LogP contribution in [-0.2, 0) is 16.0 Å². The Morgan fingerprint density at radius 2 is 2.28 bits per heavy atom. The molecule has 0 atom stereocenters. The first-order valence-electron chi connectivity index (χ1n) is 6.30. The summed E-state index contributed by atoms with van der Waals surface area (Å²) in [6.45, 7) is 1.64. The van der Waals surface area contributed by atoms with Crippen molar-refractivity contribution in [2.45, 2.75) is 25.7 Å². The molecule has 0 fully saturated rings. The van der Waals surface area contributed by atoms with Crippen LogP contribution in [0.4, 0.5) is 0 Å². The molecule has 102 valence electrons. The van der Waals surface area contributed by atoms with Crippen LogP contribution in [0, 0.1) is 0 Å². The third kappa shape index (κ3) is 7.42. The highest BCUT2D eigenvalue weighted by Crippen LogP contribution is 2.11. The van der Waals surface area contributed by atoms with Crippen LogP contribution >= 0.6 is 11.3 Å². The number of thiophene rings is 1. The SMILES string of the molecule is O=C(CCCc1cccs1)NCCCOCCO. The molecule has 18 heavy (non-hydrogen) atoms. The topological polar surface area (TPSA) is 58.6 Å². The van der Waals surface area contributed by atoms with Gasteiger partial charge in [0.25, 0.3) is 0 Å². The average molecular weight is 271 g/mol. The van der Waals surface area contributed by atoms with Gasteiger partial charge in [-0.15, -0.1) is 11.3 Å². The third-order valence-corrected chi connectivity index (χ3v) is 3.37. The normalized spacial score (nSPS) is 10.5. The van der Waals surface area contributed by atoms with Crippen LogP contribution in [0.5, 0.6) is 0 Å². The molecule has 0 spiro atoms. The van der Waals surface area contributed by atoms with E-state index < -0.39 is 0 Å². The number of aryl methyl sites for hydroxylation is 1. The molecular weight excluding hydrogens is 250 g/mol. The van der Waals surface area contributed by atoms with Crippen LogP contribution < -0.4 is 5.32 Å². The number of hydrogen-bond donors (Lipinski definition) is 2. The molecule has 2 N–H and O–H groups in total. The Morgan fingerprint density at radius 3 is 3.00 bits per heavy atom. The van der Waals surface area contributed by atoms with E-state index in [1.807, 2.05) is 6.07 Å². The van der Waals surface area contributed by atoms with Gasteiger partial charge in [0.15, 0.2) is 0 Å². The molecule has 0 bridgehead atoms. The predicted octanol–water partition coefficient (Wildman–Crippen LogP) is 1.59. The third-order valence-electron chi connectivity index (χ3n) is 2.43. The van der Waals surface area contributed by atoms with E-state index in [1.54, 1.807) is 11.3 Å². The molecular formula is C13H21NO3S. The molecule has 1 rings (SSSR count). The number of ether oxygens (including phenoxy) is 1. The summed E-state index contributed by atoms with van der Waals surface area (Å²) in [5.74, 6) is 0.105. The highest BCUT2D eigenvalue weighted by molar-refractivity contribution is 7.09. The Bertz CT molecular complexity index is 314. The van der Waals surface area contributed by atoms with Crippen molar-refractivity contribution in [2.24, 2.45) is 0 Å². The summed E-state index contributed by atoms with van der Waals surface area (Å²) in [4.78, 5) is 12.8. The number of nitrogens with one attached hydrogen (secondary N) is 1. The summed E-state index contributed by atoms with van der Waals surface area (Å²) in [6.07, 6.45) is 3.24. The number of hydrogen-bond acceptors (Lipinski definition) is 4. The maximum absolute atomic E-state index is 11.5. The number of rotatable bonds is 10. The maximum atomic E-state index is 11.5. The molecule has 1 aromatic rings. The number of carbonyl (C=O) groups is 1. The molecule has 0 aliphatic carbocycles. The lowest BCUT2D eigenvalue weighted by molar-refractivity contribution is -0.121. The minimum Gasteiger partial charge on any atom is -0.394 e. The molecule has 0 radical (unpaired) electrons. The largest absolute Gasteiger partial charge is 0.394 e. The molecule has 4 nitrogen and oxygen atoms in total. The highest BCUT2D eigenvalue weighted by atomic mass is 32.1. The molecule has 0 aromatic carbocycles. The van der Waals surface area contributed by atoms with Gasteiger partial charge in [-0.1, -0.05) is 6.07 Å². The van der Waals surface area contributed by atoms with E-state index in [0.29, 0.717) is 26.2 Å². The molecule has 5 heteroatoms. The van der Waals surface area contributed by atoms with Gasteiger partial charge in [-0.2, -0.15) is 0 Å². The van der Waals surface area contributed by atoms with Gasteiger partial charge in [-0.25, -0.2) is 0 Å². The van der Waals surface area contributed by atoms with Gasteiger partial charge in [-0.05, 0) is 30.7 Å². The van der Waals surface area contributed by atoms with Crippen molar-refractivity contribution in [3.05, 3.63) is 22.4 Å². The molecule has 0 saturated heterocycles. The van der Waals surface area contributed by atoms with E-state index in [1.165, 1.54) is 4.88 Å². The smallest absolute Gasteiger partial charge is 0.220 e. The Kier molecular flexibility index (Phi) is 8.46. The van der Waals surface area contributed by atoms with Gasteiger partial charge in [0, 0.05) is 24.4 Å². The maximum Gasteiger partial charge on any atom is 0.220 e. The van der Waals surface area contributed by atoms with Crippen molar-refractivity contribution in [3.63, 3.8) is 0 Å². The number of amides is 1. The zero-order chi connectivity index (χ0) is 13.1. The van der Waals surface area contributed by atoms with Gasteiger partial charge in [-0.3, -0.25) is 4.79 Å². The molecule has 0 unspecified atom stereocenters. The van der Waals surface area contributed by atoms with E-state index in [4.69, 9.17) is 9.84 Å². The summed E-state index contributed by atoms with van der Waals surface area (Å²) in [6, 6.07) is 4.13. The predicted molar refractivity (Wildman–Crippen MR) is 72.8 cm³/mol. The number of aliphatic hydroxyl groups excluding tert-OH is 1. The van der Waals surface area contributed by atoms with E-state index in [-0.39, 0.29) is 12.5 Å². The second kappa shape index (κ2) is 10.1. The Morgan fingerprint density at radius 1 is 1.39 bits per heavy atom. The van der Waals surface area contributed by atoms with Crippen molar-refractivity contribution < 1.29 is 14.6 Å². The molecule has 1 aromatic heterocycles. The fourth-order valence-electron chi connectivity index (χ4n) is 1.54. The van der Waals surface area contributed by atoms with E-state index in [9.17, 15) is 4.79 Å². The number of aliphatic hydroxyl groups is 1. The Hall–Kier alpha value is -0.910. The van der Waals surface area contributed by atoms with Crippen LogP contribution in [-0.4, -0.2) is 37.4 Å². The summed E-state index contributed by atoms with van der Waals surface area (Å²) in [5, 5.41) is 13.4. The van der Waals surface area contributed by atoms with Crippen LogP contribution in [0.15, 0.2) is 17.5 Å². The molecule has 0 saturated carbocycles. The van der Waals surface area contributed by atoms with Gasteiger partial charge < -0.3 is 15.2 Å². The van der Waals surface area contributed by atoms with Crippen LogP contribution in [0.2, 0.25) is 0 Å². The molecule has 0 aliphatic rings. The Labute approximate surface area is 112 Å². The van der Waals surface area contributed by atoms with Crippen LogP contribution in [0.1, 0.15) is 24.1 Å². The quantitative estimate of drug-likeness (QED) is 0.635. The summed E-state index contributed by atoms with van der Waals surface area (Å²) < 4.78 is 5.09. The average Bonchev–Trinajstić information content (AvgIpc) is 2.87. The lowest BCUT2D eigenvalue weighted by Crippen LogP contribution is -2.25. The van der Waals surface area contributed by atoms with E-state index in [2.05, 4.69) is 16.8 Å². The second-order valence-corrected chi connectivity index (χ2v) is 5.00. The van der Waals surface area contributed by atoms with Gasteiger partial charge in [0.05, 0.1) is 13.2 Å². The standard InChI is InChI=1S/C13H21NO3S/c15-8-10-17-9-3-7-14-13(16)6-1-4-12-5-2-11-18-12/h2,5,11,15H,1,3-4,6-10H2,(H,14,16). The fraction of sp³-hybridized carbons (Fsp3) is 0.615. The number of carbonyl (C=O) groups excluding carboxylic acids is 1. The molecule has 0 aliphatic heterocycles. The molecule has 1 heterocycles. The second-order valence-electron chi connectivity index (χ2n) is 3.97. The minimum absolute atomic E-state index is 0.0507. The van der Waals surface area contributed by atoms with Gasteiger partial charge >= 0.3 is 0 Å². The highest BCUT2D eigenvalue weighted by Gasteiger charge is 2.01. The fourth-order valence-corrected chi connectivity index (χ4v) is 2.29. The van der Waals surface area contributed by atoms with E-state index >= 15 is 0 Å². The van der Waals surface area contributed by atoms with Gasteiger partial charge in [0.1, 0.15) is 0 Å². The Balaban J connectivity index is 1.91. The first-order valence-corrected chi connectivity index (χ1v) is 7.18. The zero-order valence-electron chi connectivity index (χ0n) is 10.6. The van der Waals surface area contributed by atoms with Crippen molar-refractivity contribution in [2.75, 3.05) is 26.4 Å².